The van der Waals surface area contributed by atoms with Crippen molar-refractivity contribution < 1.29 is 13.6 Å². The molecule has 0 saturated heterocycles. The van der Waals surface area contributed by atoms with E-state index in [-0.39, 0.29) is 29.2 Å². The number of carbonyl (C=O) groups is 1. The number of amides is 1. The zero-order chi connectivity index (χ0) is 18.6. The molecular formula is C15H12F2N6O3. The van der Waals surface area contributed by atoms with E-state index < -0.39 is 34.5 Å². The molecular weight excluding hydrogens is 350 g/mol. The summed E-state index contributed by atoms with van der Waals surface area (Å²) in [6.45, 7) is 0. The predicted octanol–water partition coefficient (Wildman–Crippen LogP) is -0.190. The van der Waals surface area contributed by atoms with E-state index in [9.17, 15) is 23.2 Å². The molecule has 1 amide bonds. The summed E-state index contributed by atoms with van der Waals surface area (Å²) in [4.78, 5) is 38.4. The number of hydrogen-bond donors (Lipinski definition) is 4. The third-order valence-corrected chi connectivity index (χ3v) is 4.34. The van der Waals surface area contributed by atoms with Crippen LogP contribution < -0.4 is 27.3 Å². The number of hydrazone groups is 1. The van der Waals surface area contributed by atoms with Crippen molar-refractivity contribution in [2.45, 2.75) is 12.1 Å². The minimum Gasteiger partial charge on any atom is -0.346 e. The van der Waals surface area contributed by atoms with Crippen molar-refractivity contribution in [3.63, 3.8) is 0 Å². The maximum absolute atomic E-state index is 14.0. The van der Waals surface area contributed by atoms with Crippen LogP contribution in [0.25, 0.3) is 0 Å². The Kier molecular flexibility index (Phi) is 3.23. The summed E-state index contributed by atoms with van der Waals surface area (Å²) in [7, 11) is 1.38. The van der Waals surface area contributed by atoms with Crippen LogP contribution in [-0.4, -0.2) is 26.8 Å². The molecule has 1 spiro atoms. The Bertz CT molecular complexity index is 1110. The topological polar surface area (TPSA) is 120 Å². The molecule has 1 aromatic carbocycles. The molecule has 0 fully saturated rings. The van der Waals surface area contributed by atoms with E-state index in [1.165, 1.54) is 13.1 Å². The predicted molar refractivity (Wildman–Crippen MR) is 87.9 cm³/mol. The average molecular weight is 362 g/mol. The lowest BCUT2D eigenvalue weighted by Gasteiger charge is -2.34. The first-order chi connectivity index (χ1) is 12.3. The Balaban J connectivity index is 1.72. The van der Waals surface area contributed by atoms with E-state index in [2.05, 4.69) is 26.1 Å². The molecule has 11 heteroatoms. The second kappa shape index (κ2) is 5.25. The van der Waals surface area contributed by atoms with E-state index in [1.807, 2.05) is 0 Å². The minimum absolute atomic E-state index is 0.0117. The van der Waals surface area contributed by atoms with Gasteiger partial charge in [0.05, 0.1) is 5.71 Å². The fourth-order valence-corrected chi connectivity index (χ4v) is 2.94. The van der Waals surface area contributed by atoms with Crippen LogP contribution >= 0.6 is 0 Å². The lowest BCUT2D eigenvalue weighted by Crippen LogP contribution is -2.61. The standard InChI is InChI=1S/C15H12F2N6O3/c1-23-11-10(12(24)19-14(23)26)20-15(13(25)18-11)5-9(21-22-15)7-3-2-6(16)4-8(7)17/h2-4,20,22H,5H2,1H3,(H,18,25)(H,19,24,26). The van der Waals surface area contributed by atoms with Crippen LogP contribution in [0.1, 0.15) is 12.0 Å². The van der Waals surface area contributed by atoms with Crippen molar-refractivity contribution in [1.29, 1.82) is 0 Å². The molecule has 1 aromatic heterocycles. The number of aromatic amines is 1. The minimum atomic E-state index is -1.53. The molecule has 3 heterocycles. The molecule has 4 rings (SSSR count). The number of halogens is 2. The Morgan fingerprint density at radius 1 is 1.23 bits per heavy atom. The molecule has 26 heavy (non-hydrogen) atoms. The fourth-order valence-electron chi connectivity index (χ4n) is 2.94. The van der Waals surface area contributed by atoms with E-state index in [0.717, 1.165) is 10.6 Å². The summed E-state index contributed by atoms with van der Waals surface area (Å²) >= 11 is 0. The molecule has 2 aliphatic rings. The van der Waals surface area contributed by atoms with Gasteiger partial charge in [0.15, 0.2) is 0 Å². The van der Waals surface area contributed by atoms with Crippen LogP contribution in [0.4, 0.5) is 20.3 Å². The van der Waals surface area contributed by atoms with Crippen molar-refractivity contribution in [2.75, 3.05) is 10.6 Å². The number of rotatable bonds is 1. The Hall–Kier alpha value is -3.50. The number of anilines is 2. The number of nitrogens with one attached hydrogen (secondary N) is 4. The average Bonchev–Trinajstić information content (AvgIpc) is 3.00. The molecule has 0 aliphatic carbocycles. The summed E-state index contributed by atoms with van der Waals surface area (Å²) in [5.41, 5.74) is -0.180. The second-order valence-electron chi connectivity index (χ2n) is 6.00. The van der Waals surface area contributed by atoms with Crippen molar-refractivity contribution >= 4 is 23.1 Å². The zero-order valence-corrected chi connectivity index (χ0v) is 13.3. The van der Waals surface area contributed by atoms with Gasteiger partial charge < -0.3 is 10.6 Å². The Morgan fingerprint density at radius 2 is 2.00 bits per heavy atom. The lowest BCUT2D eigenvalue weighted by atomic mass is 9.96. The van der Waals surface area contributed by atoms with Gasteiger partial charge in [-0.15, -0.1) is 0 Å². The number of H-pyrrole nitrogens is 1. The summed E-state index contributed by atoms with van der Waals surface area (Å²) in [6, 6.07) is 3.01. The molecule has 1 atom stereocenters. The molecule has 1 unspecified atom stereocenters. The van der Waals surface area contributed by atoms with Crippen LogP contribution in [0.15, 0.2) is 32.9 Å². The highest BCUT2D eigenvalue weighted by Crippen LogP contribution is 2.31. The van der Waals surface area contributed by atoms with Crippen molar-refractivity contribution in [3.8, 4) is 0 Å². The monoisotopic (exact) mass is 362 g/mol. The van der Waals surface area contributed by atoms with Gasteiger partial charge in [0, 0.05) is 25.1 Å². The molecule has 9 nitrogen and oxygen atoms in total. The Labute approximate surface area is 143 Å². The van der Waals surface area contributed by atoms with E-state index in [1.54, 1.807) is 0 Å². The van der Waals surface area contributed by atoms with Gasteiger partial charge in [-0.2, -0.15) is 5.10 Å². The largest absolute Gasteiger partial charge is 0.346 e. The van der Waals surface area contributed by atoms with Gasteiger partial charge in [-0.3, -0.25) is 24.6 Å². The molecule has 0 bridgehead atoms. The summed E-state index contributed by atoms with van der Waals surface area (Å²) in [6.07, 6.45) is -0.108. The molecule has 0 radical (unpaired) electrons. The molecule has 2 aromatic rings. The first kappa shape index (κ1) is 16.0. The molecule has 2 aliphatic heterocycles. The number of hydrogen-bond acceptors (Lipinski definition) is 6. The highest BCUT2D eigenvalue weighted by molar-refractivity contribution is 6.12. The molecule has 134 valence electrons. The van der Waals surface area contributed by atoms with Gasteiger partial charge in [0.25, 0.3) is 11.5 Å². The zero-order valence-electron chi connectivity index (χ0n) is 13.3. The van der Waals surface area contributed by atoms with E-state index in [0.29, 0.717) is 6.07 Å². The number of carbonyl (C=O) groups excluding carboxylic acids is 1. The smallest absolute Gasteiger partial charge is 0.329 e. The van der Waals surface area contributed by atoms with Crippen molar-refractivity contribution in [1.82, 2.24) is 15.0 Å². The fraction of sp³-hybridized carbons (Fsp3) is 0.200. The summed E-state index contributed by atoms with van der Waals surface area (Å²) in [5, 5.41) is 9.21. The van der Waals surface area contributed by atoms with Gasteiger partial charge in [-0.25, -0.2) is 13.6 Å². The first-order valence-electron chi connectivity index (χ1n) is 7.53. The normalized spacial score (nSPS) is 20.9. The second-order valence-corrected chi connectivity index (χ2v) is 6.00. The van der Waals surface area contributed by atoms with Crippen LogP contribution in [0.3, 0.4) is 0 Å². The first-order valence-corrected chi connectivity index (χ1v) is 7.53. The summed E-state index contributed by atoms with van der Waals surface area (Å²) < 4.78 is 28.2. The van der Waals surface area contributed by atoms with Gasteiger partial charge in [-0.05, 0) is 12.1 Å². The van der Waals surface area contributed by atoms with Gasteiger partial charge in [-0.1, -0.05) is 0 Å². The van der Waals surface area contributed by atoms with Crippen molar-refractivity contribution in [3.05, 3.63) is 56.2 Å². The van der Waals surface area contributed by atoms with Gasteiger partial charge in [0.2, 0.25) is 5.66 Å². The van der Waals surface area contributed by atoms with Crippen LogP contribution in [-0.2, 0) is 11.8 Å². The van der Waals surface area contributed by atoms with Gasteiger partial charge in [0.1, 0.15) is 23.1 Å². The third kappa shape index (κ3) is 2.20. The van der Waals surface area contributed by atoms with Crippen LogP contribution in [0.5, 0.6) is 0 Å². The number of fused-ring (bicyclic) bond motifs is 1. The third-order valence-electron chi connectivity index (χ3n) is 4.34. The van der Waals surface area contributed by atoms with Crippen molar-refractivity contribution in [2.24, 2.45) is 12.1 Å². The lowest BCUT2D eigenvalue weighted by molar-refractivity contribution is -0.121. The van der Waals surface area contributed by atoms with Gasteiger partial charge >= 0.3 is 5.69 Å². The number of benzene rings is 1. The molecule has 4 N–H and O–H groups in total. The highest BCUT2D eigenvalue weighted by Gasteiger charge is 2.48. The van der Waals surface area contributed by atoms with Crippen LogP contribution in [0.2, 0.25) is 0 Å². The quantitative estimate of drug-likeness (QED) is 0.560. The number of nitrogens with zero attached hydrogens (tertiary/aromatic N) is 2. The Morgan fingerprint density at radius 3 is 2.73 bits per heavy atom. The van der Waals surface area contributed by atoms with Crippen LogP contribution in [0, 0.1) is 11.6 Å². The molecule has 0 saturated carbocycles. The maximum Gasteiger partial charge on any atom is 0.329 e. The maximum atomic E-state index is 14.0. The van der Waals surface area contributed by atoms with E-state index >= 15 is 0 Å². The number of aromatic nitrogens is 2. The van der Waals surface area contributed by atoms with E-state index in [4.69, 9.17) is 0 Å². The summed E-state index contributed by atoms with van der Waals surface area (Å²) in [5.74, 6) is -2.15. The SMILES string of the molecule is Cn1c2c(c(=O)[nH]c1=O)NC1(CC(c3ccc(F)cc3F)=NN1)C(=O)N2. The highest BCUT2D eigenvalue weighted by atomic mass is 19.1.